The predicted octanol–water partition coefficient (Wildman–Crippen LogP) is 4.05. The third-order valence-corrected chi connectivity index (χ3v) is 4.67. The zero-order chi connectivity index (χ0) is 23.9. The highest BCUT2D eigenvalue weighted by Gasteiger charge is 2.12. The van der Waals surface area contributed by atoms with Gasteiger partial charge in [0.15, 0.2) is 12.3 Å². The van der Waals surface area contributed by atoms with E-state index in [1.807, 2.05) is 18.2 Å². The molecular formula is C24H19N5O5. The van der Waals surface area contributed by atoms with Crippen molar-refractivity contribution in [3.05, 3.63) is 107 Å². The highest BCUT2D eigenvalue weighted by molar-refractivity contribution is 6.02. The number of aromatic nitrogens is 2. The third kappa shape index (κ3) is 5.62. The summed E-state index contributed by atoms with van der Waals surface area (Å²) >= 11 is 0. The second kappa shape index (κ2) is 10.1. The molecule has 0 aliphatic rings. The number of rotatable bonds is 8. The lowest BCUT2D eigenvalue weighted by molar-refractivity contribution is -0.384. The number of nitro groups is 1. The van der Waals surface area contributed by atoms with Crippen LogP contribution >= 0.6 is 0 Å². The van der Waals surface area contributed by atoms with E-state index in [9.17, 15) is 19.7 Å². The molecule has 10 heteroatoms. The summed E-state index contributed by atoms with van der Waals surface area (Å²) in [6.45, 7) is -0.189. The Morgan fingerprint density at radius 2 is 1.65 bits per heavy atom. The van der Waals surface area contributed by atoms with Crippen molar-refractivity contribution in [3.63, 3.8) is 0 Å². The highest BCUT2D eigenvalue weighted by atomic mass is 16.6. The van der Waals surface area contributed by atoms with Crippen LogP contribution in [0.1, 0.15) is 10.5 Å². The minimum absolute atomic E-state index is 0.0338. The van der Waals surface area contributed by atoms with Gasteiger partial charge in [0.05, 0.1) is 10.6 Å². The Morgan fingerprint density at radius 1 is 0.912 bits per heavy atom. The van der Waals surface area contributed by atoms with E-state index in [-0.39, 0.29) is 23.9 Å². The zero-order valence-electron chi connectivity index (χ0n) is 17.8. The van der Waals surface area contributed by atoms with Gasteiger partial charge in [-0.15, -0.1) is 0 Å². The minimum atomic E-state index is -0.487. The first-order valence-electron chi connectivity index (χ1n) is 10.2. The number of ether oxygens (including phenoxy) is 1. The average molecular weight is 457 g/mol. The van der Waals surface area contributed by atoms with Gasteiger partial charge in [0.1, 0.15) is 5.75 Å². The van der Waals surface area contributed by atoms with Crippen LogP contribution in [0.2, 0.25) is 0 Å². The fourth-order valence-electron chi connectivity index (χ4n) is 3.04. The quantitative estimate of drug-likeness (QED) is 0.303. The average Bonchev–Trinajstić information content (AvgIpc) is 3.34. The molecule has 0 spiro atoms. The summed E-state index contributed by atoms with van der Waals surface area (Å²) in [7, 11) is 0. The van der Waals surface area contributed by atoms with Crippen molar-refractivity contribution in [1.82, 2.24) is 9.78 Å². The van der Waals surface area contributed by atoms with Crippen LogP contribution in [-0.2, 0) is 4.79 Å². The number of nitro benzene ring substituents is 1. The van der Waals surface area contributed by atoms with Gasteiger partial charge in [0.25, 0.3) is 17.5 Å². The second-order valence-electron chi connectivity index (χ2n) is 7.10. The molecule has 0 fully saturated rings. The molecule has 0 saturated heterocycles. The number of carbonyl (C=O) groups excluding carboxylic acids is 2. The topological polar surface area (TPSA) is 128 Å². The molecule has 0 saturated carbocycles. The number of anilines is 2. The maximum Gasteiger partial charge on any atom is 0.276 e. The van der Waals surface area contributed by atoms with Crippen molar-refractivity contribution in [3.8, 4) is 11.4 Å². The molecule has 1 aromatic heterocycles. The number of nitrogens with zero attached hydrogens (tertiary/aromatic N) is 3. The van der Waals surface area contributed by atoms with Gasteiger partial charge in [-0.2, -0.15) is 5.10 Å². The summed E-state index contributed by atoms with van der Waals surface area (Å²) in [4.78, 5) is 35.0. The maximum atomic E-state index is 12.6. The van der Waals surface area contributed by atoms with E-state index >= 15 is 0 Å². The molecular weight excluding hydrogens is 438 g/mol. The predicted molar refractivity (Wildman–Crippen MR) is 125 cm³/mol. The van der Waals surface area contributed by atoms with Crippen molar-refractivity contribution in [2.45, 2.75) is 0 Å². The SMILES string of the molecule is O=C(COc1cccc(NC(=O)c2ccn(-c3ccc([N+](=O)[O-])cc3)n2)c1)Nc1ccccc1. The van der Waals surface area contributed by atoms with Crippen LogP contribution < -0.4 is 15.4 Å². The molecule has 0 aliphatic carbocycles. The summed E-state index contributed by atoms with van der Waals surface area (Å²) in [5.41, 5.74) is 1.84. The minimum Gasteiger partial charge on any atom is -0.484 e. The van der Waals surface area contributed by atoms with Crippen molar-refractivity contribution in [2.75, 3.05) is 17.2 Å². The first-order valence-corrected chi connectivity index (χ1v) is 10.2. The van der Waals surface area contributed by atoms with Gasteiger partial charge in [0.2, 0.25) is 0 Å². The molecule has 0 radical (unpaired) electrons. The molecule has 1 heterocycles. The summed E-state index contributed by atoms with van der Waals surface area (Å²) in [5, 5.41) is 20.5. The number of para-hydroxylation sites is 1. The first kappa shape index (κ1) is 22.2. The Bertz CT molecular complexity index is 1320. The molecule has 0 aliphatic heterocycles. The standard InChI is InChI=1S/C24H19N5O5/c30-23(25-17-5-2-1-3-6-17)16-34-21-8-4-7-18(15-21)26-24(31)22-13-14-28(27-22)19-9-11-20(12-10-19)29(32)33/h1-15H,16H2,(H,25,30)(H,26,31). The van der Waals surface area contributed by atoms with E-state index < -0.39 is 10.8 Å². The Balaban J connectivity index is 1.35. The third-order valence-electron chi connectivity index (χ3n) is 4.67. The van der Waals surface area contributed by atoms with Crippen molar-refractivity contribution in [1.29, 1.82) is 0 Å². The molecule has 4 rings (SSSR count). The normalized spacial score (nSPS) is 10.4. The monoisotopic (exact) mass is 457 g/mol. The van der Waals surface area contributed by atoms with Gasteiger partial charge in [-0.05, 0) is 42.5 Å². The largest absolute Gasteiger partial charge is 0.484 e. The second-order valence-corrected chi connectivity index (χ2v) is 7.10. The van der Waals surface area contributed by atoms with Gasteiger partial charge < -0.3 is 15.4 Å². The molecule has 34 heavy (non-hydrogen) atoms. The van der Waals surface area contributed by atoms with Gasteiger partial charge in [-0.25, -0.2) is 4.68 Å². The summed E-state index contributed by atoms with van der Waals surface area (Å²) in [5.74, 6) is -0.338. The molecule has 4 aromatic rings. The van der Waals surface area contributed by atoms with Crippen molar-refractivity contribution >= 4 is 28.9 Å². The molecule has 170 valence electrons. The zero-order valence-corrected chi connectivity index (χ0v) is 17.8. The smallest absolute Gasteiger partial charge is 0.276 e. The number of hydrogen-bond acceptors (Lipinski definition) is 6. The van der Waals surface area contributed by atoms with Crippen LogP contribution in [0.25, 0.3) is 5.69 Å². The van der Waals surface area contributed by atoms with Crippen LogP contribution in [0.3, 0.4) is 0 Å². The van der Waals surface area contributed by atoms with Gasteiger partial charge >= 0.3 is 0 Å². The summed E-state index contributed by atoms with van der Waals surface area (Å²) in [6, 6.07) is 23.0. The summed E-state index contributed by atoms with van der Waals surface area (Å²) < 4.78 is 6.97. The van der Waals surface area contributed by atoms with E-state index in [0.717, 1.165) is 0 Å². The van der Waals surface area contributed by atoms with Gasteiger partial charge in [0, 0.05) is 35.8 Å². The number of nitrogens with one attached hydrogen (secondary N) is 2. The van der Waals surface area contributed by atoms with Crippen LogP contribution in [0.15, 0.2) is 91.1 Å². The molecule has 2 amide bonds. The van der Waals surface area contributed by atoms with E-state index in [4.69, 9.17) is 4.74 Å². The lowest BCUT2D eigenvalue weighted by Crippen LogP contribution is -2.20. The Hall–Kier alpha value is -4.99. The van der Waals surface area contributed by atoms with Crippen molar-refractivity contribution in [2.24, 2.45) is 0 Å². The van der Waals surface area contributed by atoms with Crippen LogP contribution in [0.4, 0.5) is 17.1 Å². The van der Waals surface area contributed by atoms with Crippen LogP contribution in [-0.4, -0.2) is 33.1 Å². The fraction of sp³-hybridized carbons (Fsp3) is 0.0417. The van der Waals surface area contributed by atoms with E-state index in [2.05, 4.69) is 15.7 Å². The molecule has 0 unspecified atom stereocenters. The molecule has 0 atom stereocenters. The number of amides is 2. The first-order chi connectivity index (χ1) is 16.5. The Morgan fingerprint density at radius 3 is 2.38 bits per heavy atom. The van der Waals surface area contributed by atoms with Gasteiger partial charge in [-0.3, -0.25) is 19.7 Å². The number of carbonyl (C=O) groups is 2. The van der Waals surface area contributed by atoms with E-state index in [1.54, 1.807) is 54.7 Å². The number of benzene rings is 3. The van der Waals surface area contributed by atoms with Crippen LogP contribution in [0.5, 0.6) is 5.75 Å². The number of hydrogen-bond donors (Lipinski definition) is 2. The lowest BCUT2D eigenvalue weighted by Gasteiger charge is -2.09. The molecule has 0 bridgehead atoms. The summed E-state index contributed by atoms with van der Waals surface area (Å²) in [6.07, 6.45) is 1.58. The molecule has 2 N–H and O–H groups in total. The molecule has 10 nitrogen and oxygen atoms in total. The maximum absolute atomic E-state index is 12.6. The van der Waals surface area contributed by atoms with Gasteiger partial charge in [-0.1, -0.05) is 24.3 Å². The molecule has 3 aromatic carbocycles. The van der Waals surface area contributed by atoms with Crippen LogP contribution in [0, 0.1) is 10.1 Å². The highest BCUT2D eigenvalue weighted by Crippen LogP contribution is 2.19. The van der Waals surface area contributed by atoms with E-state index in [0.29, 0.717) is 22.8 Å². The van der Waals surface area contributed by atoms with Crippen molar-refractivity contribution < 1.29 is 19.2 Å². The Labute approximate surface area is 193 Å². The number of non-ortho nitro benzene ring substituents is 1. The van der Waals surface area contributed by atoms with E-state index in [1.165, 1.54) is 22.9 Å². The lowest BCUT2D eigenvalue weighted by atomic mass is 10.3. The Kier molecular flexibility index (Phi) is 6.59. The fourth-order valence-corrected chi connectivity index (χ4v) is 3.04.